The smallest absolute Gasteiger partial charge is 0.268 e. The summed E-state index contributed by atoms with van der Waals surface area (Å²) in [6.45, 7) is 1.79. The Balaban J connectivity index is 2.04. The summed E-state index contributed by atoms with van der Waals surface area (Å²) >= 11 is 0. The fraction of sp³-hybridized carbons (Fsp3) is 0.105. The number of rotatable bonds is 4. The number of nitrogen functional groups attached to an aromatic ring is 1. The molecule has 0 saturated heterocycles. The number of ether oxygens (including phenoxy) is 1. The largest absolute Gasteiger partial charge is 0.497 e. The van der Waals surface area contributed by atoms with Gasteiger partial charge in [0.1, 0.15) is 11.6 Å². The molecule has 3 N–H and O–H groups in total. The van der Waals surface area contributed by atoms with Crippen LogP contribution in [0.5, 0.6) is 5.75 Å². The van der Waals surface area contributed by atoms with Crippen molar-refractivity contribution in [3.63, 3.8) is 0 Å². The fourth-order valence-corrected chi connectivity index (χ4v) is 4.58. The van der Waals surface area contributed by atoms with Gasteiger partial charge in [0.2, 0.25) is 0 Å². The fourth-order valence-electron chi connectivity index (χ4n) is 3.18. The van der Waals surface area contributed by atoms with E-state index in [1.807, 2.05) is 0 Å². The van der Waals surface area contributed by atoms with E-state index in [2.05, 4.69) is 9.97 Å². The molecular weight excluding hydrogens is 383 g/mol. The number of imidazole rings is 1. The molecule has 0 atom stereocenters. The van der Waals surface area contributed by atoms with Gasteiger partial charge in [-0.2, -0.15) is 0 Å². The molecule has 0 unspecified atom stereocenters. The molecule has 28 heavy (non-hydrogen) atoms. The van der Waals surface area contributed by atoms with Crippen LogP contribution >= 0.6 is 0 Å². The van der Waals surface area contributed by atoms with E-state index in [1.54, 1.807) is 25.1 Å². The summed E-state index contributed by atoms with van der Waals surface area (Å²) in [4.78, 5) is 7.05. The second-order valence-electron chi connectivity index (χ2n) is 6.28. The Morgan fingerprint density at radius 2 is 2.00 bits per heavy atom. The van der Waals surface area contributed by atoms with E-state index in [0.717, 1.165) is 10.0 Å². The Kier molecular flexibility index (Phi) is 4.11. The Morgan fingerprint density at radius 3 is 2.64 bits per heavy atom. The number of fused-ring (bicyclic) bond motifs is 1. The number of nitrogens with one attached hydrogen (secondary N) is 1. The van der Waals surface area contributed by atoms with Gasteiger partial charge in [0.15, 0.2) is 5.95 Å². The van der Waals surface area contributed by atoms with Crippen LogP contribution < -0.4 is 10.5 Å². The molecule has 0 bridgehead atoms. The Bertz CT molecular complexity index is 1310. The highest BCUT2D eigenvalue weighted by Gasteiger charge is 2.24. The first-order valence-corrected chi connectivity index (χ1v) is 9.78. The van der Waals surface area contributed by atoms with E-state index in [-0.39, 0.29) is 10.8 Å². The Morgan fingerprint density at radius 1 is 1.21 bits per heavy atom. The van der Waals surface area contributed by atoms with Gasteiger partial charge in [-0.1, -0.05) is 6.07 Å². The number of halogens is 1. The number of nitrogens with zero attached hydrogens (tertiary/aromatic N) is 2. The van der Waals surface area contributed by atoms with Gasteiger partial charge in [-0.15, -0.1) is 0 Å². The second kappa shape index (κ2) is 6.38. The summed E-state index contributed by atoms with van der Waals surface area (Å²) in [6, 6.07) is 9.92. The van der Waals surface area contributed by atoms with E-state index in [0.29, 0.717) is 33.6 Å². The number of anilines is 1. The quantitative estimate of drug-likeness (QED) is 0.547. The molecule has 2 aromatic heterocycles. The van der Waals surface area contributed by atoms with Crippen LogP contribution in [0.1, 0.15) is 5.69 Å². The van der Waals surface area contributed by atoms with E-state index in [9.17, 15) is 12.8 Å². The SMILES string of the molecule is COc1ccc2c(c1)c(-c1nc(N)[nH]c1C)cn2S(=O)(=O)c1cccc(F)c1. The third-order valence-corrected chi connectivity index (χ3v) is 6.16. The molecule has 0 saturated carbocycles. The lowest BCUT2D eigenvalue weighted by atomic mass is 10.1. The zero-order valence-corrected chi connectivity index (χ0v) is 15.9. The monoisotopic (exact) mass is 400 g/mol. The first-order chi connectivity index (χ1) is 13.3. The van der Waals surface area contributed by atoms with Gasteiger partial charge in [0.05, 0.1) is 23.2 Å². The summed E-state index contributed by atoms with van der Waals surface area (Å²) in [5.41, 5.74) is 7.97. The molecule has 0 aliphatic rings. The highest BCUT2D eigenvalue weighted by molar-refractivity contribution is 7.90. The zero-order chi connectivity index (χ0) is 20.1. The molecular formula is C19H17FN4O3S. The number of aromatic amines is 1. The van der Waals surface area contributed by atoms with Gasteiger partial charge < -0.3 is 15.5 Å². The molecule has 0 fully saturated rings. The van der Waals surface area contributed by atoms with E-state index < -0.39 is 15.8 Å². The minimum Gasteiger partial charge on any atom is -0.497 e. The maximum atomic E-state index is 13.6. The summed E-state index contributed by atoms with van der Waals surface area (Å²) in [5, 5.41) is 0.619. The third kappa shape index (κ3) is 2.80. The topological polar surface area (TPSA) is 103 Å². The van der Waals surface area contributed by atoms with Gasteiger partial charge in [0.25, 0.3) is 10.0 Å². The van der Waals surface area contributed by atoms with Crippen LogP contribution in [0.2, 0.25) is 0 Å². The number of benzene rings is 2. The third-order valence-electron chi connectivity index (χ3n) is 4.49. The van der Waals surface area contributed by atoms with Crippen molar-refractivity contribution in [1.29, 1.82) is 0 Å². The lowest BCUT2D eigenvalue weighted by Crippen LogP contribution is -2.12. The predicted molar refractivity (Wildman–Crippen MR) is 104 cm³/mol. The molecule has 144 valence electrons. The van der Waals surface area contributed by atoms with Crippen LogP contribution in [-0.2, 0) is 10.0 Å². The molecule has 0 aliphatic heterocycles. The van der Waals surface area contributed by atoms with Crippen molar-refractivity contribution in [2.75, 3.05) is 12.8 Å². The number of hydrogen-bond donors (Lipinski definition) is 2. The Hall–Kier alpha value is -3.33. The number of methoxy groups -OCH3 is 1. The molecule has 0 radical (unpaired) electrons. The maximum Gasteiger partial charge on any atom is 0.268 e. The van der Waals surface area contributed by atoms with Crippen LogP contribution in [-0.4, -0.2) is 29.5 Å². The van der Waals surface area contributed by atoms with Crippen LogP contribution in [0.15, 0.2) is 53.6 Å². The molecule has 9 heteroatoms. The van der Waals surface area contributed by atoms with Crippen molar-refractivity contribution in [2.45, 2.75) is 11.8 Å². The number of hydrogen-bond acceptors (Lipinski definition) is 5. The number of aromatic nitrogens is 3. The van der Waals surface area contributed by atoms with E-state index in [4.69, 9.17) is 10.5 Å². The van der Waals surface area contributed by atoms with Crippen molar-refractivity contribution in [3.05, 3.63) is 60.2 Å². The second-order valence-corrected chi connectivity index (χ2v) is 8.09. The molecule has 0 spiro atoms. The summed E-state index contributed by atoms with van der Waals surface area (Å²) in [5.74, 6) is 0.162. The maximum absolute atomic E-state index is 13.6. The van der Waals surface area contributed by atoms with Gasteiger partial charge in [-0.25, -0.2) is 21.8 Å². The van der Waals surface area contributed by atoms with Crippen molar-refractivity contribution in [3.8, 4) is 17.0 Å². The van der Waals surface area contributed by atoms with Crippen molar-refractivity contribution in [1.82, 2.24) is 13.9 Å². The first kappa shape index (κ1) is 18.1. The van der Waals surface area contributed by atoms with Gasteiger partial charge in [0, 0.05) is 22.8 Å². The molecule has 0 amide bonds. The summed E-state index contributed by atoms with van der Waals surface area (Å²) in [7, 11) is -2.51. The summed E-state index contributed by atoms with van der Waals surface area (Å²) < 4.78 is 46.4. The van der Waals surface area contributed by atoms with E-state index >= 15 is 0 Å². The molecule has 2 heterocycles. The molecule has 2 aromatic carbocycles. The number of aryl methyl sites for hydroxylation is 1. The molecule has 7 nitrogen and oxygen atoms in total. The Labute approximate surface area is 160 Å². The average Bonchev–Trinajstić information content (AvgIpc) is 3.20. The van der Waals surface area contributed by atoms with Crippen molar-refractivity contribution >= 4 is 26.9 Å². The summed E-state index contributed by atoms with van der Waals surface area (Å²) in [6.07, 6.45) is 1.47. The highest BCUT2D eigenvalue weighted by atomic mass is 32.2. The van der Waals surface area contributed by atoms with Crippen molar-refractivity contribution in [2.24, 2.45) is 0 Å². The number of H-pyrrole nitrogens is 1. The molecule has 4 aromatic rings. The minimum absolute atomic E-state index is 0.148. The predicted octanol–water partition coefficient (Wildman–Crippen LogP) is 3.31. The van der Waals surface area contributed by atoms with Crippen LogP contribution in [0.3, 0.4) is 0 Å². The lowest BCUT2D eigenvalue weighted by molar-refractivity contribution is 0.415. The van der Waals surface area contributed by atoms with Crippen LogP contribution in [0, 0.1) is 12.7 Å². The van der Waals surface area contributed by atoms with Crippen LogP contribution in [0.4, 0.5) is 10.3 Å². The highest BCUT2D eigenvalue weighted by Crippen LogP contribution is 2.36. The molecule has 4 rings (SSSR count). The van der Waals surface area contributed by atoms with Crippen molar-refractivity contribution < 1.29 is 17.5 Å². The standard InChI is InChI=1S/C19H17FN4O3S/c1-11-18(23-19(21)22-11)16-10-24(17-7-6-13(27-2)9-15(16)17)28(25,26)14-5-3-4-12(20)8-14/h3-10H,1-2H3,(H3,21,22,23). The minimum atomic E-state index is -4.03. The van der Waals surface area contributed by atoms with Gasteiger partial charge in [-0.05, 0) is 43.3 Å². The molecule has 0 aliphatic carbocycles. The van der Waals surface area contributed by atoms with Crippen LogP contribution in [0.25, 0.3) is 22.2 Å². The number of nitrogens with two attached hydrogens (primary N) is 1. The lowest BCUT2D eigenvalue weighted by Gasteiger charge is -2.08. The van der Waals surface area contributed by atoms with Gasteiger partial charge in [-0.3, -0.25) is 0 Å². The van der Waals surface area contributed by atoms with E-state index in [1.165, 1.54) is 31.5 Å². The van der Waals surface area contributed by atoms with Gasteiger partial charge >= 0.3 is 0 Å². The average molecular weight is 400 g/mol. The zero-order valence-electron chi connectivity index (χ0n) is 15.1. The normalized spacial score (nSPS) is 11.8. The first-order valence-electron chi connectivity index (χ1n) is 8.34.